The van der Waals surface area contributed by atoms with Crippen LogP contribution in [0.3, 0.4) is 0 Å². The number of halogens is 3. The lowest BCUT2D eigenvalue weighted by Gasteiger charge is -2.15. The van der Waals surface area contributed by atoms with Crippen molar-refractivity contribution in [1.82, 2.24) is 0 Å². The fourth-order valence-electron chi connectivity index (χ4n) is 1.36. The quantitative estimate of drug-likeness (QED) is 0.846. The van der Waals surface area contributed by atoms with Crippen molar-refractivity contribution in [1.29, 1.82) is 0 Å². The van der Waals surface area contributed by atoms with E-state index >= 15 is 0 Å². The van der Waals surface area contributed by atoms with Crippen molar-refractivity contribution < 1.29 is 22.7 Å². The third-order valence-electron chi connectivity index (χ3n) is 2.21. The molecule has 0 aliphatic carbocycles. The Kier molecular flexibility index (Phi) is 4.58. The van der Waals surface area contributed by atoms with Crippen LogP contribution in [-0.2, 0) is 15.7 Å². The Morgan fingerprint density at radius 3 is 2.67 bits per heavy atom. The topological polar surface area (TPSA) is 38.3 Å². The van der Waals surface area contributed by atoms with Crippen LogP contribution >= 0.6 is 0 Å². The summed E-state index contributed by atoms with van der Waals surface area (Å²) >= 11 is 0. The van der Waals surface area contributed by atoms with Crippen molar-refractivity contribution in [3.63, 3.8) is 0 Å². The minimum absolute atomic E-state index is 0.227. The van der Waals surface area contributed by atoms with E-state index in [1.54, 1.807) is 6.92 Å². The molecule has 1 atom stereocenters. The highest BCUT2D eigenvalue weighted by atomic mass is 19.4. The van der Waals surface area contributed by atoms with Gasteiger partial charge in [-0.2, -0.15) is 13.2 Å². The van der Waals surface area contributed by atoms with Crippen LogP contribution in [0.4, 0.5) is 18.9 Å². The monoisotopic (exact) mass is 261 g/mol. The van der Waals surface area contributed by atoms with E-state index in [0.29, 0.717) is 0 Å². The molecule has 0 aliphatic heterocycles. The van der Waals surface area contributed by atoms with Crippen LogP contribution in [0.25, 0.3) is 0 Å². The van der Waals surface area contributed by atoms with Gasteiger partial charge in [0.25, 0.3) is 0 Å². The highest BCUT2D eigenvalue weighted by Crippen LogP contribution is 2.30. The predicted molar refractivity (Wildman–Crippen MR) is 61.2 cm³/mol. The Morgan fingerprint density at radius 2 is 2.11 bits per heavy atom. The molecule has 0 aliphatic rings. The smallest absolute Gasteiger partial charge is 0.416 e. The largest absolute Gasteiger partial charge is 0.464 e. The molecule has 0 heterocycles. The van der Waals surface area contributed by atoms with Gasteiger partial charge in [0.2, 0.25) is 0 Å². The number of carbonyl (C=O) groups excluding carboxylic acids is 1. The number of hydrogen-bond donors (Lipinski definition) is 1. The molecule has 0 fully saturated rings. The normalized spacial score (nSPS) is 12.9. The van der Waals surface area contributed by atoms with Gasteiger partial charge in [0.15, 0.2) is 0 Å². The minimum Gasteiger partial charge on any atom is -0.464 e. The van der Waals surface area contributed by atoms with Crippen LogP contribution in [0, 0.1) is 0 Å². The van der Waals surface area contributed by atoms with Crippen molar-refractivity contribution >= 4 is 11.7 Å². The highest BCUT2D eigenvalue weighted by molar-refractivity contribution is 5.78. The number of carbonyl (C=O) groups is 1. The van der Waals surface area contributed by atoms with Gasteiger partial charge in [-0.3, -0.25) is 0 Å². The first-order chi connectivity index (χ1) is 8.34. The number of ether oxygens (including phenoxy) is 1. The average molecular weight is 261 g/mol. The Morgan fingerprint density at radius 1 is 1.44 bits per heavy atom. The van der Waals surface area contributed by atoms with Crippen molar-refractivity contribution in [2.24, 2.45) is 0 Å². The molecule has 1 rings (SSSR count). The number of benzene rings is 1. The summed E-state index contributed by atoms with van der Waals surface area (Å²) in [6.45, 7) is 3.42. The van der Waals surface area contributed by atoms with Gasteiger partial charge < -0.3 is 10.1 Å². The molecule has 0 amide bonds. The molecule has 1 aromatic rings. The van der Waals surface area contributed by atoms with Gasteiger partial charge in [0.05, 0.1) is 12.2 Å². The van der Waals surface area contributed by atoms with Gasteiger partial charge >= 0.3 is 12.1 Å². The maximum atomic E-state index is 12.5. The van der Waals surface area contributed by atoms with Gasteiger partial charge in [-0.05, 0) is 32.0 Å². The zero-order chi connectivity index (χ0) is 13.8. The van der Waals surface area contributed by atoms with Crippen molar-refractivity contribution in [3.05, 3.63) is 29.8 Å². The molecule has 1 N–H and O–H groups in total. The number of alkyl halides is 3. The first-order valence-corrected chi connectivity index (χ1v) is 5.45. The molecule has 0 saturated carbocycles. The molecule has 6 heteroatoms. The van der Waals surface area contributed by atoms with Gasteiger partial charge in [-0.25, -0.2) is 4.79 Å². The maximum Gasteiger partial charge on any atom is 0.416 e. The lowest BCUT2D eigenvalue weighted by atomic mass is 10.2. The lowest BCUT2D eigenvalue weighted by molar-refractivity contribution is -0.143. The number of rotatable bonds is 4. The molecule has 100 valence electrons. The average Bonchev–Trinajstić information content (AvgIpc) is 2.28. The Labute approximate surface area is 103 Å². The summed E-state index contributed by atoms with van der Waals surface area (Å²) in [5, 5.41) is 2.66. The van der Waals surface area contributed by atoms with E-state index < -0.39 is 23.8 Å². The molecule has 0 aromatic heterocycles. The molecule has 3 nitrogen and oxygen atoms in total. The standard InChI is InChI=1S/C12H14F3NO2/c1-3-18-11(17)8(2)16-10-6-4-5-9(7-10)12(13,14)15/h4-8,16H,3H2,1-2H3. The second-order valence-corrected chi connectivity index (χ2v) is 3.70. The molecular formula is C12H14F3NO2. The molecule has 1 aromatic carbocycles. The summed E-state index contributed by atoms with van der Waals surface area (Å²) in [7, 11) is 0. The summed E-state index contributed by atoms with van der Waals surface area (Å²) < 4.78 is 42.1. The van der Waals surface area contributed by atoms with Crippen molar-refractivity contribution in [2.75, 3.05) is 11.9 Å². The van der Waals surface area contributed by atoms with Crippen LogP contribution in [0.15, 0.2) is 24.3 Å². The molecular weight excluding hydrogens is 247 g/mol. The molecule has 0 spiro atoms. The SMILES string of the molecule is CCOC(=O)C(C)Nc1cccc(C(F)(F)F)c1. The molecule has 1 unspecified atom stereocenters. The molecule has 0 radical (unpaired) electrons. The van der Waals surface area contributed by atoms with E-state index in [0.717, 1.165) is 12.1 Å². The lowest BCUT2D eigenvalue weighted by Crippen LogP contribution is -2.28. The first-order valence-electron chi connectivity index (χ1n) is 5.45. The minimum atomic E-state index is -4.40. The summed E-state index contributed by atoms with van der Waals surface area (Å²) in [5.74, 6) is -0.505. The van der Waals surface area contributed by atoms with Crippen LogP contribution in [0.1, 0.15) is 19.4 Å². The van der Waals surface area contributed by atoms with Crippen LogP contribution in [0.2, 0.25) is 0 Å². The third-order valence-corrected chi connectivity index (χ3v) is 2.21. The first kappa shape index (κ1) is 14.3. The second kappa shape index (κ2) is 5.75. The van der Waals surface area contributed by atoms with E-state index in [-0.39, 0.29) is 12.3 Å². The maximum absolute atomic E-state index is 12.5. The van der Waals surface area contributed by atoms with Crippen LogP contribution < -0.4 is 5.32 Å². The van der Waals surface area contributed by atoms with E-state index in [1.165, 1.54) is 19.1 Å². The molecule has 18 heavy (non-hydrogen) atoms. The predicted octanol–water partition coefficient (Wildman–Crippen LogP) is 3.07. The Hall–Kier alpha value is -1.72. The highest BCUT2D eigenvalue weighted by Gasteiger charge is 2.30. The van der Waals surface area contributed by atoms with Gasteiger partial charge in [-0.1, -0.05) is 6.07 Å². The zero-order valence-electron chi connectivity index (χ0n) is 10.0. The van der Waals surface area contributed by atoms with Crippen molar-refractivity contribution in [2.45, 2.75) is 26.1 Å². The van der Waals surface area contributed by atoms with E-state index in [9.17, 15) is 18.0 Å². The number of esters is 1. The summed E-state index contributed by atoms with van der Waals surface area (Å²) in [6.07, 6.45) is -4.40. The van der Waals surface area contributed by atoms with Gasteiger partial charge in [0.1, 0.15) is 6.04 Å². The Bertz CT molecular complexity index is 418. The van der Waals surface area contributed by atoms with Crippen LogP contribution in [-0.4, -0.2) is 18.6 Å². The van der Waals surface area contributed by atoms with E-state index in [2.05, 4.69) is 5.32 Å². The fourth-order valence-corrected chi connectivity index (χ4v) is 1.36. The number of hydrogen-bond acceptors (Lipinski definition) is 3. The van der Waals surface area contributed by atoms with Gasteiger partial charge in [-0.15, -0.1) is 0 Å². The van der Waals surface area contributed by atoms with E-state index in [1.807, 2.05) is 0 Å². The zero-order valence-corrected chi connectivity index (χ0v) is 10.0. The number of anilines is 1. The van der Waals surface area contributed by atoms with Crippen molar-refractivity contribution in [3.8, 4) is 0 Å². The second-order valence-electron chi connectivity index (χ2n) is 3.70. The third kappa shape index (κ3) is 3.94. The summed E-state index contributed by atoms with van der Waals surface area (Å²) in [6, 6.07) is 3.97. The molecule has 0 bridgehead atoms. The fraction of sp³-hybridized carbons (Fsp3) is 0.417. The summed E-state index contributed by atoms with van der Waals surface area (Å²) in [5.41, 5.74) is -0.533. The van der Waals surface area contributed by atoms with Crippen LogP contribution in [0.5, 0.6) is 0 Å². The van der Waals surface area contributed by atoms with E-state index in [4.69, 9.17) is 4.74 Å². The van der Waals surface area contributed by atoms with Gasteiger partial charge in [0, 0.05) is 5.69 Å². The molecule has 0 saturated heterocycles. The summed E-state index contributed by atoms with van der Waals surface area (Å²) in [4.78, 5) is 11.3. The number of nitrogens with one attached hydrogen (secondary N) is 1. The Balaban J connectivity index is 2.76.